The fourth-order valence-electron chi connectivity index (χ4n) is 5.72. The summed E-state index contributed by atoms with van der Waals surface area (Å²) in [6.45, 7) is 0.388. The number of aliphatic hydroxyl groups excluding tert-OH is 1. The quantitative estimate of drug-likeness (QED) is 0.0270. The molecule has 49 heavy (non-hydrogen) atoms. The summed E-state index contributed by atoms with van der Waals surface area (Å²) in [5, 5.41) is 34.0. The van der Waals surface area contributed by atoms with E-state index in [1.807, 2.05) is 66.7 Å². The first kappa shape index (κ1) is 36.0. The van der Waals surface area contributed by atoms with Crippen molar-refractivity contribution in [3.63, 3.8) is 0 Å². The molecule has 0 aliphatic carbocycles. The molecule has 1 aliphatic heterocycles. The summed E-state index contributed by atoms with van der Waals surface area (Å²) in [4.78, 5) is 23.5. The van der Waals surface area contributed by atoms with Gasteiger partial charge in [0.1, 0.15) is 0 Å². The predicted octanol–water partition coefficient (Wildman–Crippen LogP) is 6.28. The van der Waals surface area contributed by atoms with Gasteiger partial charge in [0, 0.05) is 49.3 Å². The summed E-state index contributed by atoms with van der Waals surface area (Å²) in [6, 6.07) is 29.3. The van der Waals surface area contributed by atoms with E-state index in [0.29, 0.717) is 36.6 Å². The molecule has 5 rings (SSSR count). The summed E-state index contributed by atoms with van der Waals surface area (Å²) < 4.78 is 13.9. The van der Waals surface area contributed by atoms with Crippen molar-refractivity contribution in [3.8, 4) is 11.1 Å². The number of carbonyl (C=O) groups is 2. The first-order valence-electron chi connectivity index (χ1n) is 16.6. The highest BCUT2D eigenvalue weighted by atomic mass is 32.2. The van der Waals surface area contributed by atoms with E-state index < -0.39 is 6.29 Å². The number of nitrogens with one attached hydrogen (secondary N) is 2. The highest BCUT2D eigenvalue weighted by molar-refractivity contribution is 7.99. The Balaban J connectivity index is 1.22. The Hall–Kier alpha value is -4.26. The summed E-state index contributed by atoms with van der Waals surface area (Å²) in [6.07, 6.45) is 4.83. The maximum Gasteiger partial charge on any atom is 0.251 e. The van der Waals surface area contributed by atoms with Gasteiger partial charge >= 0.3 is 0 Å². The smallest absolute Gasteiger partial charge is 0.251 e. The van der Waals surface area contributed by atoms with E-state index in [-0.39, 0.29) is 37.0 Å². The third-order valence-electron chi connectivity index (χ3n) is 8.41. The van der Waals surface area contributed by atoms with Gasteiger partial charge < -0.3 is 25.1 Å². The van der Waals surface area contributed by atoms with E-state index in [9.17, 15) is 19.9 Å². The lowest BCUT2D eigenvalue weighted by Gasteiger charge is -2.36. The van der Waals surface area contributed by atoms with Gasteiger partial charge in [-0.3, -0.25) is 14.8 Å². The summed E-state index contributed by atoms with van der Waals surface area (Å²) in [5.74, 6) is 0.173. The van der Waals surface area contributed by atoms with Crippen LogP contribution >= 0.6 is 11.8 Å². The first-order valence-corrected chi connectivity index (χ1v) is 17.6. The van der Waals surface area contributed by atoms with E-state index in [2.05, 4.69) is 17.4 Å². The molecule has 4 N–H and O–H groups in total. The zero-order valence-corrected chi connectivity index (χ0v) is 28.1. The molecule has 2 heterocycles. The second-order valence-electron chi connectivity index (χ2n) is 12.1. The topological polar surface area (TPSA) is 144 Å². The molecule has 0 spiro atoms. The number of unbranched alkanes of at least 4 members (excludes halogenated alkanes) is 3. The molecule has 1 aromatic heterocycles. The zero-order valence-electron chi connectivity index (χ0n) is 27.3. The maximum atomic E-state index is 12.4. The molecule has 3 atom stereocenters. The van der Waals surface area contributed by atoms with Crippen molar-refractivity contribution >= 4 is 23.6 Å². The number of ether oxygens (including phenoxy) is 2. The molecule has 10 nitrogen and oxygen atoms in total. The lowest BCUT2D eigenvalue weighted by molar-refractivity contribution is -0.645. The first-order chi connectivity index (χ1) is 23.9. The molecule has 4 aromatic rings. The van der Waals surface area contributed by atoms with Crippen molar-refractivity contribution in [3.05, 3.63) is 125 Å². The van der Waals surface area contributed by atoms with E-state index in [1.54, 1.807) is 17.6 Å². The van der Waals surface area contributed by atoms with Crippen LogP contribution in [0, 0.1) is 5.21 Å². The molecule has 1 saturated heterocycles. The fourth-order valence-corrected chi connectivity index (χ4v) is 6.65. The van der Waals surface area contributed by atoms with Gasteiger partial charge in [0.15, 0.2) is 12.5 Å². The molecular formula is C38H43N3O7S. The molecular weight excluding hydrogens is 642 g/mol. The third kappa shape index (κ3) is 10.9. The van der Waals surface area contributed by atoms with Crippen molar-refractivity contribution < 1.29 is 34.1 Å². The minimum Gasteiger partial charge on any atom is -0.618 e. The Morgan fingerprint density at radius 3 is 2.29 bits per heavy atom. The Bertz CT molecular complexity index is 1670. The molecule has 11 heteroatoms. The lowest BCUT2D eigenvalue weighted by Crippen LogP contribution is -2.32. The SMILES string of the molecule is O=C(CCCCCCC(=O)NCc1cccc(-c2cccc([C@H]3O[C@@H](CSc4cccc[n+]4[O-])C[C@@H](c4ccc(CO)cc4)O3)c2)c1)NO. The minimum absolute atomic E-state index is 0.0160. The van der Waals surface area contributed by atoms with Crippen molar-refractivity contribution in [1.82, 2.24) is 10.8 Å². The van der Waals surface area contributed by atoms with E-state index >= 15 is 0 Å². The predicted molar refractivity (Wildman–Crippen MR) is 186 cm³/mol. The Kier molecular flexibility index (Phi) is 13.6. The largest absolute Gasteiger partial charge is 0.618 e. The Labute approximate surface area is 291 Å². The highest BCUT2D eigenvalue weighted by Crippen LogP contribution is 2.40. The van der Waals surface area contributed by atoms with Crippen molar-refractivity contribution in [1.29, 1.82) is 0 Å². The van der Waals surface area contributed by atoms with Crippen LogP contribution in [-0.4, -0.2) is 34.0 Å². The second kappa shape index (κ2) is 18.5. The van der Waals surface area contributed by atoms with Gasteiger partial charge in [0.05, 0.1) is 18.8 Å². The number of carbonyl (C=O) groups excluding carboxylic acids is 2. The number of thioether (sulfide) groups is 1. The van der Waals surface area contributed by atoms with Crippen LogP contribution in [0.4, 0.5) is 0 Å². The number of amides is 2. The van der Waals surface area contributed by atoms with Gasteiger partial charge in [-0.15, -0.1) is 0 Å². The normalized spacial score (nSPS) is 17.4. The van der Waals surface area contributed by atoms with Crippen LogP contribution in [0.25, 0.3) is 11.1 Å². The molecule has 258 valence electrons. The van der Waals surface area contributed by atoms with Crippen LogP contribution < -0.4 is 15.5 Å². The van der Waals surface area contributed by atoms with Crippen LogP contribution in [-0.2, 0) is 32.2 Å². The van der Waals surface area contributed by atoms with Crippen LogP contribution in [0.2, 0.25) is 0 Å². The number of aromatic nitrogens is 1. The Morgan fingerprint density at radius 2 is 1.55 bits per heavy atom. The summed E-state index contributed by atoms with van der Waals surface area (Å²) >= 11 is 1.46. The van der Waals surface area contributed by atoms with Gasteiger partial charge in [0.25, 0.3) is 5.03 Å². The van der Waals surface area contributed by atoms with Crippen molar-refractivity contribution in [2.24, 2.45) is 0 Å². The van der Waals surface area contributed by atoms with Crippen molar-refractivity contribution in [2.45, 2.75) is 81.6 Å². The molecule has 1 aliphatic rings. The number of rotatable bonds is 16. The van der Waals surface area contributed by atoms with Gasteiger partial charge in [-0.1, -0.05) is 85.3 Å². The van der Waals surface area contributed by atoms with Gasteiger partial charge in [-0.05, 0) is 58.9 Å². The third-order valence-corrected chi connectivity index (χ3v) is 9.56. The van der Waals surface area contributed by atoms with E-state index in [0.717, 1.165) is 57.4 Å². The van der Waals surface area contributed by atoms with Gasteiger partial charge in [-0.2, -0.15) is 4.73 Å². The molecule has 0 radical (unpaired) electrons. The van der Waals surface area contributed by atoms with E-state index in [1.165, 1.54) is 18.0 Å². The molecule has 3 aromatic carbocycles. The summed E-state index contributed by atoms with van der Waals surface area (Å²) in [5.41, 5.74) is 7.31. The van der Waals surface area contributed by atoms with Gasteiger partial charge in [0.2, 0.25) is 11.8 Å². The maximum absolute atomic E-state index is 12.4. The number of hydroxylamine groups is 1. The number of pyridine rings is 1. The number of hydrogen-bond acceptors (Lipinski definition) is 8. The van der Waals surface area contributed by atoms with Crippen molar-refractivity contribution in [2.75, 3.05) is 5.75 Å². The number of aliphatic hydroxyl groups is 1. The molecule has 2 amide bonds. The fraction of sp³-hybridized carbons (Fsp3) is 0.342. The average Bonchev–Trinajstić information content (AvgIpc) is 3.15. The highest BCUT2D eigenvalue weighted by Gasteiger charge is 2.33. The van der Waals surface area contributed by atoms with Crippen LogP contribution in [0.15, 0.2) is 102 Å². The standard InChI is InChI=1S/C38H43N3O7S/c42-25-27-16-18-29(19-17-27)34-23-33(26-49-37-15-5-6-20-41(37)46)47-38(48-34)32-12-8-11-31(22-32)30-10-7-9-28(21-30)24-39-35(43)13-3-1-2-4-14-36(44)40-45/h5-12,15-22,33-34,38,42,45H,1-4,13-14,23-26H2,(H,39,43)(H,40,44)/t33-,34+,38+/m1/s1. The molecule has 1 fully saturated rings. The Morgan fingerprint density at radius 1 is 0.816 bits per heavy atom. The molecule has 0 saturated carbocycles. The van der Waals surface area contributed by atoms with Crippen LogP contribution in [0.5, 0.6) is 0 Å². The lowest BCUT2D eigenvalue weighted by atomic mass is 9.99. The zero-order chi connectivity index (χ0) is 34.4. The summed E-state index contributed by atoms with van der Waals surface area (Å²) in [7, 11) is 0. The number of hydrogen-bond donors (Lipinski definition) is 4. The van der Waals surface area contributed by atoms with Gasteiger partial charge in [-0.25, -0.2) is 5.48 Å². The van der Waals surface area contributed by atoms with Crippen LogP contribution in [0.3, 0.4) is 0 Å². The number of benzene rings is 3. The van der Waals surface area contributed by atoms with E-state index in [4.69, 9.17) is 14.7 Å². The molecule has 0 bridgehead atoms. The molecule has 0 unspecified atom stereocenters. The number of nitrogens with zero attached hydrogens (tertiary/aromatic N) is 1. The average molecular weight is 686 g/mol. The monoisotopic (exact) mass is 685 g/mol. The second-order valence-corrected chi connectivity index (χ2v) is 13.1. The minimum atomic E-state index is -0.633. The van der Waals surface area contributed by atoms with Crippen LogP contribution in [0.1, 0.15) is 79.6 Å².